The van der Waals surface area contributed by atoms with Gasteiger partial charge in [-0.1, -0.05) is 17.7 Å². The number of hydrogen-bond donors (Lipinski definition) is 1. The standard InChI is InChI=1S/C14H15ClN4O2/c15-10-5-4-6-11(9-10)19-16-12(14(20)21)13(17-19)18-7-2-1-3-8-18/h4-6,9H,1-3,7-8H2,(H,20,21). The summed E-state index contributed by atoms with van der Waals surface area (Å²) in [5.74, 6) is -0.633. The average molecular weight is 307 g/mol. The molecule has 21 heavy (non-hydrogen) atoms. The van der Waals surface area contributed by atoms with Crippen LogP contribution in [-0.4, -0.2) is 39.2 Å². The minimum atomic E-state index is -1.07. The Morgan fingerprint density at radius 2 is 1.95 bits per heavy atom. The highest BCUT2D eigenvalue weighted by atomic mass is 35.5. The zero-order valence-corrected chi connectivity index (χ0v) is 12.1. The monoisotopic (exact) mass is 306 g/mol. The molecule has 0 amide bonds. The number of anilines is 1. The zero-order chi connectivity index (χ0) is 14.8. The lowest BCUT2D eigenvalue weighted by atomic mass is 10.1. The number of aromatic carboxylic acids is 1. The molecule has 1 saturated heterocycles. The van der Waals surface area contributed by atoms with Gasteiger partial charge in [-0.3, -0.25) is 0 Å². The maximum absolute atomic E-state index is 11.4. The number of halogens is 1. The van der Waals surface area contributed by atoms with Crippen LogP contribution in [-0.2, 0) is 0 Å². The van der Waals surface area contributed by atoms with Gasteiger partial charge < -0.3 is 10.0 Å². The lowest BCUT2D eigenvalue weighted by molar-refractivity contribution is 0.0690. The lowest BCUT2D eigenvalue weighted by Crippen LogP contribution is -2.31. The predicted molar refractivity (Wildman–Crippen MR) is 79.4 cm³/mol. The number of aromatic nitrogens is 3. The molecule has 7 heteroatoms. The molecule has 1 fully saturated rings. The fraction of sp³-hybridized carbons (Fsp3) is 0.357. The molecular weight excluding hydrogens is 292 g/mol. The molecule has 1 aromatic heterocycles. The van der Waals surface area contributed by atoms with Gasteiger partial charge in [0.2, 0.25) is 5.69 Å². The Morgan fingerprint density at radius 3 is 2.62 bits per heavy atom. The fourth-order valence-electron chi connectivity index (χ4n) is 2.47. The van der Waals surface area contributed by atoms with Gasteiger partial charge >= 0.3 is 5.97 Å². The lowest BCUT2D eigenvalue weighted by Gasteiger charge is -2.26. The molecule has 0 atom stereocenters. The summed E-state index contributed by atoms with van der Waals surface area (Å²) >= 11 is 5.96. The van der Waals surface area contributed by atoms with Gasteiger partial charge in [0.05, 0.1) is 5.69 Å². The normalized spacial score (nSPS) is 15.2. The molecule has 2 heterocycles. The summed E-state index contributed by atoms with van der Waals surface area (Å²) in [4.78, 5) is 14.7. The summed E-state index contributed by atoms with van der Waals surface area (Å²) in [6.45, 7) is 1.63. The maximum Gasteiger partial charge on any atom is 0.360 e. The SMILES string of the molecule is O=C(O)c1nn(-c2cccc(Cl)c2)nc1N1CCCCC1. The predicted octanol–water partition coefficient (Wildman–Crippen LogP) is 2.61. The quantitative estimate of drug-likeness (QED) is 0.943. The van der Waals surface area contributed by atoms with Crippen LogP contribution in [0.3, 0.4) is 0 Å². The third-order valence-electron chi connectivity index (χ3n) is 3.49. The van der Waals surface area contributed by atoms with Crippen LogP contribution in [0.25, 0.3) is 5.69 Å². The molecule has 6 nitrogen and oxygen atoms in total. The molecule has 0 radical (unpaired) electrons. The van der Waals surface area contributed by atoms with Crippen LogP contribution in [0, 0.1) is 0 Å². The van der Waals surface area contributed by atoms with Crippen LogP contribution in [0.1, 0.15) is 29.8 Å². The van der Waals surface area contributed by atoms with Crippen molar-refractivity contribution < 1.29 is 9.90 Å². The van der Waals surface area contributed by atoms with Gasteiger partial charge in [0, 0.05) is 18.1 Å². The third kappa shape index (κ3) is 2.85. The van der Waals surface area contributed by atoms with Crippen LogP contribution < -0.4 is 4.90 Å². The highest BCUT2D eigenvalue weighted by Crippen LogP contribution is 2.22. The van der Waals surface area contributed by atoms with Crippen molar-refractivity contribution in [3.8, 4) is 5.69 Å². The Balaban J connectivity index is 2.01. The van der Waals surface area contributed by atoms with Crippen molar-refractivity contribution in [2.24, 2.45) is 0 Å². The van der Waals surface area contributed by atoms with E-state index in [2.05, 4.69) is 10.2 Å². The van der Waals surface area contributed by atoms with Gasteiger partial charge in [-0.25, -0.2) is 4.79 Å². The second-order valence-electron chi connectivity index (χ2n) is 4.99. The maximum atomic E-state index is 11.4. The minimum Gasteiger partial charge on any atom is -0.476 e. The van der Waals surface area contributed by atoms with Crippen molar-refractivity contribution in [2.45, 2.75) is 19.3 Å². The number of rotatable bonds is 3. The van der Waals surface area contributed by atoms with E-state index in [0.29, 0.717) is 16.5 Å². The number of nitrogens with zero attached hydrogens (tertiary/aromatic N) is 4. The van der Waals surface area contributed by atoms with E-state index in [1.807, 2.05) is 4.90 Å². The van der Waals surface area contributed by atoms with E-state index in [1.54, 1.807) is 24.3 Å². The Bertz CT molecular complexity index is 665. The van der Waals surface area contributed by atoms with Crippen molar-refractivity contribution in [1.82, 2.24) is 15.0 Å². The average Bonchev–Trinajstić information content (AvgIpc) is 2.93. The summed E-state index contributed by atoms with van der Waals surface area (Å²) in [7, 11) is 0. The van der Waals surface area contributed by atoms with Gasteiger partial charge in [-0.15, -0.1) is 15.0 Å². The number of piperidine rings is 1. The van der Waals surface area contributed by atoms with E-state index in [-0.39, 0.29) is 5.69 Å². The summed E-state index contributed by atoms with van der Waals surface area (Å²) < 4.78 is 0. The first-order valence-corrected chi connectivity index (χ1v) is 7.24. The molecular formula is C14H15ClN4O2. The van der Waals surface area contributed by atoms with Crippen LogP contribution in [0.5, 0.6) is 0 Å². The van der Waals surface area contributed by atoms with E-state index in [0.717, 1.165) is 25.9 Å². The second kappa shape index (κ2) is 5.73. The van der Waals surface area contributed by atoms with Gasteiger partial charge in [0.1, 0.15) is 0 Å². The van der Waals surface area contributed by atoms with Gasteiger partial charge in [0.15, 0.2) is 5.82 Å². The topological polar surface area (TPSA) is 71.2 Å². The molecule has 1 aromatic carbocycles. The molecule has 3 rings (SSSR count). The Morgan fingerprint density at radius 1 is 1.19 bits per heavy atom. The van der Waals surface area contributed by atoms with Crippen LogP contribution in [0.2, 0.25) is 5.02 Å². The van der Waals surface area contributed by atoms with Crippen LogP contribution in [0.15, 0.2) is 24.3 Å². The molecule has 0 unspecified atom stereocenters. The van der Waals surface area contributed by atoms with Crippen LogP contribution >= 0.6 is 11.6 Å². The number of benzene rings is 1. The molecule has 1 aliphatic rings. The van der Waals surface area contributed by atoms with Crippen molar-refractivity contribution >= 4 is 23.4 Å². The summed E-state index contributed by atoms with van der Waals surface area (Å²) in [6.07, 6.45) is 3.26. The molecule has 0 saturated carbocycles. The molecule has 1 aliphatic heterocycles. The second-order valence-corrected chi connectivity index (χ2v) is 5.43. The van der Waals surface area contributed by atoms with E-state index in [1.165, 1.54) is 11.2 Å². The number of carboxylic acids is 1. The summed E-state index contributed by atoms with van der Waals surface area (Å²) in [5.41, 5.74) is 0.630. The van der Waals surface area contributed by atoms with Crippen molar-refractivity contribution in [1.29, 1.82) is 0 Å². The van der Waals surface area contributed by atoms with Crippen LogP contribution in [0.4, 0.5) is 5.82 Å². The molecule has 0 aliphatic carbocycles. The highest BCUT2D eigenvalue weighted by molar-refractivity contribution is 6.30. The van der Waals surface area contributed by atoms with Gasteiger partial charge in [-0.2, -0.15) is 0 Å². The number of hydrogen-bond acceptors (Lipinski definition) is 4. The molecule has 0 bridgehead atoms. The Hall–Kier alpha value is -2.08. The van der Waals surface area contributed by atoms with Crippen molar-refractivity contribution in [2.75, 3.05) is 18.0 Å². The van der Waals surface area contributed by atoms with Gasteiger partial charge in [0.25, 0.3) is 0 Å². The molecule has 2 aromatic rings. The first-order chi connectivity index (χ1) is 10.1. The van der Waals surface area contributed by atoms with E-state index in [4.69, 9.17) is 11.6 Å². The largest absolute Gasteiger partial charge is 0.476 e. The number of carboxylic acid groups (broad SMARTS) is 1. The van der Waals surface area contributed by atoms with Gasteiger partial charge in [-0.05, 0) is 37.5 Å². The van der Waals surface area contributed by atoms with E-state index < -0.39 is 5.97 Å². The smallest absolute Gasteiger partial charge is 0.360 e. The molecule has 110 valence electrons. The first kappa shape index (κ1) is 13.9. The third-order valence-corrected chi connectivity index (χ3v) is 3.73. The van der Waals surface area contributed by atoms with Crippen molar-refractivity contribution in [3.05, 3.63) is 35.0 Å². The number of carbonyl (C=O) groups is 1. The van der Waals surface area contributed by atoms with E-state index >= 15 is 0 Å². The zero-order valence-electron chi connectivity index (χ0n) is 11.4. The van der Waals surface area contributed by atoms with Crippen molar-refractivity contribution in [3.63, 3.8) is 0 Å². The van der Waals surface area contributed by atoms with E-state index in [9.17, 15) is 9.90 Å². The Labute approximate surface area is 126 Å². The fourth-order valence-corrected chi connectivity index (χ4v) is 2.66. The molecule has 1 N–H and O–H groups in total. The summed E-state index contributed by atoms with van der Waals surface area (Å²) in [5, 5.41) is 18.4. The summed E-state index contributed by atoms with van der Waals surface area (Å²) in [6, 6.07) is 7.02. The first-order valence-electron chi connectivity index (χ1n) is 6.86. The molecule has 0 spiro atoms. The highest BCUT2D eigenvalue weighted by Gasteiger charge is 2.24. The minimum absolute atomic E-state index is 0.0168. The Kier molecular flexibility index (Phi) is 3.79.